The summed E-state index contributed by atoms with van der Waals surface area (Å²) < 4.78 is 5.32. The Hall–Kier alpha value is -1.80. The molecule has 2 aromatic rings. The zero-order valence-electron chi connectivity index (χ0n) is 10.2. The van der Waals surface area contributed by atoms with Gasteiger partial charge in [0.2, 0.25) is 0 Å². The Morgan fingerprint density at radius 2 is 1.71 bits per heavy atom. The average molecular weight is 227 g/mol. The molecule has 0 saturated carbocycles. The van der Waals surface area contributed by atoms with E-state index in [9.17, 15) is 0 Å². The minimum atomic E-state index is -0.0337. The lowest BCUT2D eigenvalue weighted by molar-refractivity contribution is 0.407. The van der Waals surface area contributed by atoms with Gasteiger partial charge < -0.3 is 10.5 Å². The Morgan fingerprint density at radius 1 is 1.00 bits per heavy atom. The lowest BCUT2D eigenvalue weighted by Crippen LogP contribution is -2.07. The van der Waals surface area contributed by atoms with Gasteiger partial charge in [-0.25, -0.2) is 0 Å². The lowest BCUT2D eigenvalue weighted by Gasteiger charge is -2.13. The largest absolute Gasteiger partial charge is 0.496 e. The molecule has 0 heterocycles. The van der Waals surface area contributed by atoms with E-state index in [1.54, 1.807) is 7.11 Å². The molecule has 17 heavy (non-hydrogen) atoms. The van der Waals surface area contributed by atoms with Crippen molar-refractivity contribution in [2.75, 3.05) is 7.11 Å². The maximum Gasteiger partial charge on any atom is 0.123 e. The van der Waals surface area contributed by atoms with E-state index in [0.29, 0.717) is 0 Å². The second-order valence-corrected chi connectivity index (χ2v) is 4.11. The fraction of sp³-hybridized carbons (Fsp3) is 0.200. The number of nitrogens with two attached hydrogens (primary N) is 1. The molecular formula is C15H17NO. The third-order valence-electron chi connectivity index (χ3n) is 2.83. The van der Waals surface area contributed by atoms with E-state index >= 15 is 0 Å². The molecule has 1 unspecified atom stereocenters. The minimum Gasteiger partial charge on any atom is -0.496 e. The molecule has 2 N–H and O–H groups in total. The van der Waals surface area contributed by atoms with Crippen molar-refractivity contribution >= 4 is 0 Å². The summed E-state index contributed by atoms with van der Waals surface area (Å²) in [5, 5.41) is 0. The van der Waals surface area contributed by atoms with Gasteiger partial charge in [-0.15, -0.1) is 0 Å². The SMILES string of the molecule is COc1ccc(-c2ccccc2)cc1C(C)N. The van der Waals surface area contributed by atoms with Crippen molar-refractivity contribution in [1.82, 2.24) is 0 Å². The molecule has 0 aliphatic carbocycles. The van der Waals surface area contributed by atoms with Crippen LogP contribution in [0.25, 0.3) is 11.1 Å². The predicted octanol–water partition coefficient (Wildman–Crippen LogP) is 3.38. The van der Waals surface area contributed by atoms with Gasteiger partial charge in [0, 0.05) is 11.6 Å². The van der Waals surface area contributed by atoms with Crippen molar-refractivity contribution in [3.63, 3.8) is 0 Å². The Kier molecular flexibility index (Phi) is 3.45. The molecule has 0 saturated heterocycles. The van der Waals surface area contributed by atoms with E-state index < -0.39 is 0 Å². The Bertz CT molecular complexity index is 492. The van der Waals surface area contributed by atoms with Crippen LogP contribution in [0.4, 0.5) is 0 Å². The first-order chi connectivity index (χ1) is 8.22. The summed E-state index contributed by atoms with van der Waals surface area (Å²) in [6.07, 6.45) is 0. The third-order valence-corrected chi connectivity index (χ3v) is 2.83. The highest BCUT2D eigenvalue weighted by Crippen LogP contribution is 2.29. The fourth-order valence-electron chi connectivity index (χ4n) is 1.90. The quantitative estimate of drug-likeness (QED) is 0.872. The maximum absolute atomic E-state index is 5.96. The van der Waals surface area contributed by atoms with Crippen molar-refractivity contribution in [3.05, 3.63) is 54.1 Å². The zero-order valence-corrected chi connectivity index (χ0v) is 10.2. The molecule has 0 fully saturated rings. The van der Waals surface area contributed by atoms with Crippen LogP contribution in [-0.4, -0.2) is 7.11 Å². The van der Waals surface area contributed by atoms with Gasteiger partial charge >= 0.3 is 0 Å². The second-order valence-electron chi connectivity index (χ2n) is 4.11. The third kappa shape index (κ3) is 2.48. The maximum atomic E-state index is 5.96. The minimum absolute atomic E-state index is 0.0337. The van der Waals surface area contributed by atoms with Crippen molar-refractivity contribution in [3.8, 4) is 16.9 Å². The van der Waals surface area contributed by atoms with E-state index in [-0.39, 0.29) is 6.04 Å². The van der Waals surface area contributed by atoms with Gasteiger partial charge in [0.1, 0.15) is 5.75 Å². The molecule has 0 aliphatic heterocycles. The van der Waals surface area contributed by atoms with E-state index in [1.165, 1.54) is 11.1 Å². The Labute approximate surface area is 102 Å². The molecule has 0 bridgehead atoms. The van der Waals surface area contributed by atoms with Crippen LogP contribution in [-0.2, 0) is 0 Å². The number of rotatable bonds is 3. The van der Waals surface area contributed by atoms with Gasteiger partial charge in [0.05, 0.1) is 7.11 Å². The summed E-state index contributed by atoms with van der Waals surface area (Å²) in [6.45, 7) is 1.96. The summed E-state index contributed by atoms with van der Waals surface area (Å²) in [7, 11) is 1.67. The smallest absolute Gasteiger partial charge is 0.123 e. The molecule has 0 spiro atoms. The highest BCUT2D eigenvalue weighted by Gasteiger charge is 2.09. The highest BCUT2D eigenvalue weighted by molar-refractivity contribution is 5.65. The summed E-state index contributed by atoms with van der Waals surface area (Å²) >= 11 is 0. The van der Waals surface area contributed by atoms with Crippen molar-refractivity contribution < 1.29 is 4.74 Å². The van der Waals surface area contributed by atoms with E-state index in [1.807, 2.05) is 31.2 Å². The molecule has 0 radical (unpaired) electrons. The molecule has 1 atom stereocenters. The van der Waals surface area contributed by atoms with Gasteiger partial charge in [-0.2, -0.15) is 0 Å². The second kappa shape index (κ2) is 5.02. The van der Waals surface area contributed by atoms with Crippen LogP contribution in [0.3, 0.4) is 0 Å². The Balaban J connectivity index is 2.48. The van der Waals surface area contributed by atoms with Crippen molar-refractivity contribution in [2.24, 2.45) is 5.73 Å². The molecule has 2 heteroatoms. The summed E-state index contributed by atoms with van der Waals surface area (Å²) in [6, 6.07) is 16.4. The normalized spacial score (nSPS) is 12.2. The number of benzene rings is 2. The average Bonchev–Trinajstić information content (AvgIpc) is 2.39. The van der Waals surface area contributed by atoms with E-state index in [0.717, 1.165) is 11.3 Å². The first-order valence-electron chi connectivity index (χ1n) is 5.71. The number of ether oxygens (including phenoxy) is 1. The predicted molar refractivity (Wildman–Crippen MR) is 71.0 cm³/mol. The first-order valence-corrected chi connectivity index (χ1v) is 5.71. The Morgan fingerprint density at radius 3 is 2.29 bits per heavy atom. The van der Waals surface area contributed by atoms with Gasteiger partial charge in [-0.05, 0) is 30.2 Å². The number of hydrogen-bond donors (Lipinski definition) is 1. The molecule has 2 aromatic carbocycles. The zero-order chi connectivity index (χ0) is 12.3. The summed E-state index contributed by atoms with van der Waals surface area (Å²) in [5.74, 6) is 0.847. The topological polar surface area (TPSA) is 35.2 Å². The first kappa shape index (κ1) is 11.7. The van der Waals surface area contributed by atoms with Crippen LogP contribution in [0.15, 0.2) is 48.5 Å². The summed E-state index contributed by atoms with van der Waals surface area (Å²) in [5.41, 5.74) is 9.35. The van der Waals surface area contributed by atoms with Gasteiger partial charge in [0.25, 0.3) is 0 Å². The summed E-state index contributed by atoms with van der Waals surface area (Å²) in [4.78, 5) is 0. The molecule has 2 nitrogen and oxygen atoms in total. The van der Waals surface area contributed by atoms with Crippen molar-refractivity contribution in [2.45, 2.75) is 13.0 Å². The van der Waals surface area contributed by atoms with Crippen LogP contribution >= 0.6 is 0 Å². The highest BCUT2D eigenvalue weighted by atomic mass is 16.5. The van der Waals surface area contributed by atoms with Crippen LogP contribution in [0.2, 0.25) is 0 Å². The van der Waals surface area contributed by atoms with E-state index in [2.05, 4.69) is 24.3 Å². The molecule has 88 valence electrons. The van der Waals surface area contributed by atoms with Gasteiger partial charge in [-0.1, -0.05) is 36.4 Å². The molecule has 0 amide bonds. The monoisotopic (exact) mass is 227 g/mol. The van der Waals surface area contributed by atoms with Crippen molar-refractivity contribution in [1.29, 1.82) is 0 Å². The number of hydrogen-bond acceptors (Lipinski definition) is 2. The fourth-order valence-corrected chi connectivity index (χ4v) is 1.90. The van der Waals surface area contributed by atoms with Gasteiger partial charge in [0.15, 0.2) is 0 Å². The molecule has 0 aromatic heterocycles. The van der Waals surface area contributed by atoms with Crippen LogP contribution < -0.4 is 10.5 Å². The molecule has 0 aliphatic rings. The van der Waals surface area contributed by atoms with Gasteiger partial charge in [-0.3, -0.25) is 0 Å². The molecule has 2 rings (SSSR count). The van der Waals surface area contributed by atoms with E-state index in [4.69, 9.17) is 10.5 Å². The van der Waals surface area contributed by atoms with Crippen LogP contribution in [0, 0.1) is 0 Å². The molecular weight excluding hydrogens is 210 g/mol. The van der Waals surface area contributed by atoms with Crippen LogP contribution in [0.5, 0.6) is 5.75 Å². The standard InChI is InChI=1S/C15H17NO/c1-11(16)14-10-13(8-9-15(14)17-2)12-6-4-3-5-7-12/h3-11H,16H2,1-2H3. The number of methoxy groups -OCH3 is 1. The lowest BCUT2D eigenvalue weighted by atomic mass is 9.99. The van der Waals surface area contributed by atoms with Crippen LogP contribution in [0.1, 0.15) is 18.5 Å².